The summed E-state index contributed by atoms with van der Waals surface area (Å²) in [6.07, 6.45) is -48.5. The summed E-state index contributed by atoms with van der Waals surface area (Å²) in [6, 6.07) is 0. The van der Waals surface area contributed by atoms with Crippen LogP contribution in [0.2, 0.25) is 0 Å². The zero-order chi connectivity index (χ0) is 50.3. The van der Waals surface area contributed by atoms with Gasteiger partial charge in [-0.25, -0.2) is 0 Å². The van der Waals surface area contributed by atoms with Gasteiger partial charge in [0.2, 0.25) is 0 Å². The van der Waals surface area contributed by atoms with Crippen LogP contribution in [0.25, 0.3) is 0 Å². The topological polar surface area (TPSA) is 495 Å². The first-order valence-electron chi connectivity index (χ1n) is 21.4. The smallest absolute Gasteiger partial charge is 0.186 e. The van der Waals surface area contributed by atoms with E-state index < -0.39 is 225 Å². The third kappa shape index (κ3) is 13.5. The number of aliphatic hydroxyl groups excluding tert-OH is 19. The van der Waals surface area contributed by atoms with Crippen LogP contribution in [0.3, 0.4) is 0 Å². The average molecular weight is 1010 g/mol. The maximum absolute atomic E-state index is 10.7. The maximum atomic E-state index is 10.7. The van der Waals surface area contributed by atoms with Crippen LogP contribution in [0.5, 0.6) is 0 Å². The predicted molar refractivity (Wildman–Crippen MR) is 206 cm³/mol. The lowest BCUT2D eigenvalue weighted by Gasteiger charge is -2.44. The Morgan fingerprint density at radius 1 is 0.397 bits per heavy atom. The van der Waals surface area contributed by atoms with E-state index in [1.807, 2.05) is 0 Å². The monoisotopic (exact) mass is 1010 g/mol. The average Bonchev–Trinajstić information content (AvgIpc) is 3.33. The summed E-state index contributed by atoms with van der Waals surface area (Å²) in [7, 11) is 1.17. The third-order valence-electron chi connectivity index (χ3n) is 12.1. The summed E-state index contributed by atoms with van der Waals surface area (Å²) in [4.78, 5) is 0. The minimum absolute atomic E-state index is 0.602. The minimum atomic E-state index is -1.98. The van der Waals surface area contributed by atoms with Crippen molar-refractivity contribution in [1.82, 2.24) is 0 Å². The summed E-state index contributed by atoms with van der Waals surface area (Å²) in [5.41, 5.74) is 0. The molecule has 5 aliphatic heterocycles. The van der Waals surface area contributed by atoms with Crippen molar-refractivity contribution in [2.24, 2.45) is 0 Å². The molecule has 19 N–H and O–H groups in total. The fourth-order valence-electron chi connectivity index (χ4n) is 7.69. The van der Waals surface area contributed by atoms with Gasteiger partial charge in [0.25, 0.3) is 0 Å². The van der Waals surface area contributed by atoms with Gasteiger partial charge in [-0.2, -0.15) is 0 Å². The molecule has 28 unspecified atom stereocenters. The van der Waals surface area contributed by atoms with Crippen LogP contribution in [0.4, 0.5) is 0 Å². The SMILES string of the molecule is COC1OC(COC2OC(COC3OC(COC4OC(COCOC(COC5OC(CO)C(O)C(O)C5O)C(O)C(O)CO)C(O)C(O)C4O)C(O)C(O)C3O)C(O)C(O)C2O)C(O)C(O)C1O. The number of methoxy groups -OCH3 is 1. The van der Waals surface area contributed by atoms with Crippen molar-refractivity contribution in [1.29, 1.82) is 0 Å². The van der Waals surface area contributed by atoms with Crippen LogP contribution in [-0.4, -0.2) is 329 Å². The number of aliphatic hydroxyl groups is 19. The fourth-order valence-corrected chi connectivity index (χ4v) is 7.69. The van der Waals surface area contributed by atoms with Crippen LogP contribution < -0.4 is 0 Å². The molecule has 0 amide bonds. The molecule has 0 aromatic carbocycles. The first-order valence-corrected chi connectivity index (χ1v) is 21.4. The van der Waals surface area contributed by atoms with E-state index >= 15 is 0 Å². The second-order valence-corrected chi connectivity index (χ2v) is 16.8. The molecule has 5 aliphatic rings. The van der Waals surface area contributed by atoms with Crippen molar-refractivity contribution in [3.8, 4) is 0 Å². The number of ether oxygens (including phenoxy) is 12. The lowest BCUT2D eigenvalue weighted by molar-refractivity contribution is -0.347. The molecule has 28 atom stereocenters. The van der Waals surface area contributed by atoms with Gasteiger partial charge in [-0.15, -0.1) is 0 Å². The molecule has 0 bridgehead atoms. The highest BCUT2D eigenvalue weighted by atomic mass is 16.8. The van der Waals surface area contributed by atoms with Crippen molar-refractivity contribution in [2.75, 3.05) is 60.2 Å². The maximum Gasteiger partial charge on any atom is 0.186 e. The van der Waals surface area contributed by atoms with Gasteiger partial charge < -0.3 is 154 Å². The molecule has 0 saturated carbocycles. The molecule has 5 saturated heterocycles. The van der Waals surface area contributed by atoms with Crippen molar-refractivity contribution in [3.05, 3.63) is 0 Å². The van der Waals surface area contributed by atoms with Gasteiger partial charge in [-0.3, -0.25) is 0 Å². The molecule has 0 radical (unpaired) electrons. The predicted octanol–water partition coefficient (Wildman–Crippen LogP) is -13.2. The summed E-state index contributed by atoms with van der Waals surface area (Å²) >= 11 is 0. The lowest BCUT2D eigenvalue weighted by atomic mass is 9.98. The Labute approximate surface area is 385 Å². The van der Waals surface area contributed by atoms with E-state index in [2.05, 4.69) is 0 Å². The Morgan fingerprint density at radius 2 is 0.721 bits per heavy atom. The molecule has 0 aromatic heterocycles. The molecule has 5 fully saturated rings. The number of hydrogen-bond donors (Lipinski definition) is 19. The van der Waals surface area contributed by atoms with Crippen LogP contribution in [0.1, 0.15) is 0 Å². The largest absolute Gasteiger partial charge is 0.394 e. The van der Waals surface area contributed by atoms with Crippen LogP contribution in [0, 0.1) is 0 Å². The number of rotatable bonds is 22. The zero-order valence-corrected chi connectivity index (χ0v) is 36.2. The van der Waals surface area contributed by atoms with E-state index in [0.29, 0.717) is 0 Å². The molecular weight excluding hydrogens is 940 g/mol. The van der Waals surface area contributed by atoms with Crippen molar-refractivity contribution < 1.29 is 154 Å². The fraction of sp³-hybridized carbons (Fsp3) is 1.00. The van der Waals surface area contributed by atoms with E-state index in [1.54, 1.807) is 0 Å². The standard InChI is InChI=1S/C37H66O31/c1-57-33-28(52)24(48)20(44)14(65-33)6-60-36-31(55)26(50)22(46)16(67-36)8-62-37-32(56)27(51)21(45)15(68-37)7-61-35-30(54)25(49)19(43)13(66-35)4-58-9-63-12(17(41)10(40)2-38)5-59-34-29(53)23(47)18(42)11(3-39)64-34/h10-56H,2-9H2,1H3. The normalized spacial score (nSPS) is 47.4. The van der Waals surface area contributed by atoms with E-state index in [-0.39, 0.29) is 0 Å². The Kier molecular flexibility index (Phi) is 22.1. The molecule has 31 nitrogen and oxygen atoms in total. The molecule has 0 aromatic rings. The van der Waals surface area contributed by atoms with Gasteiger partial charge in [-0.1, -0.05) is 0 Å². The first kappa shape index (κ1) is 57.7. The van der Waals surface area contributed by atoms with Crippen LogP contribution >= 0.6 is 0 Å². The highest BCUT2D eigenvalue weighted by molar-refractivity contribution is 4.95. The summed E-state index contributed by atoms with van der Waals surface area (Å²) in [5.74, 6) is 0. The molecule has 0 aliphatic carbocycles. The van der Waals surface area contributed by atoms with Gasteiger partial charge >= 0.3 is 0 Å². The molecule has 31 heteroatoms. The van der Waals surface area contributed by atoms with Gasteiger partial charge in [0.1, 0.15) is 147 Å². The second kappa shape index (κ2) is 26.1. The van der Waals surface area contributed by atoms with Crippen molar-refractivity contribution >= 4 is 0 Å². The van der Waals surface area contributed by atoms with E-state index in [4.69, 9.17) is 56.8 Å². The van der Waals surface area contributed by atoms with Crippen molar-refractivity contribution in [2.45, 2.75) is 172 Å². The molecule has 68 heavy (non-hydrogen) atoms. The van der Waals surface area contributed by atoms with E-state index in [1.165, 1.54) is 7.11 Å². The molecule has 0 spiro atoms. The van der Waals surface area contributed by atoms with E-state index in [0.717, 1.165) is 0 Å². The quantitative estimate of drug-likeness (QED) is 0.0354. The van der Waals surface area contributed by atoms with Gasteiger partial charge in [0.15, 0.2) is 31.5 Å². The summed E-state index contributed by atoms with van der Waals surface area (Å²) in [5, 5.41) is 196. The van der Waals surface area contributed by atoms with Gasteiger partial charge in [-0.05, 0) is 0 Å². The van der Waals surface area contributed by atoms with Crippen LogP contribution in [-0.2, 0) is 56.8 Å². The Bertz CT molecular complexity index is 1460. The Morgan fingerprint density at radius 3 is 1.09 bits per heavy atom. The minimum Gasteiger partial charge on any atom is -0.394 e. The highest BCUT2D eigenvalue weighted by Gasteiger charge is 2.51. The van der Waals surface area contributed by atoms with Crippen LogP contribution in [0.15, 0.2) is 0 Å². The zero-order valence-electron chi connectivity index (χ0n) is 36.2. The summed E-state index contributed by atoms with van der Waals surface area (Å²) < 4.78 is 65.0. The first-order chi connectivity index (χ1) is 32.2. The molecule has 5 rings (SSSR count). The molecular formula is C37H66O31. The lowest BCUT2D eigenvalue weighted by Crippen LogP contribution is -2.63. The third-order valence-corrected chi connectivity index (χ3v) is 12.1. The molecule has 5 heterocycles. The highest BCUT2D eigenvalue weighted by Crippen LogP contribution is 2.30. The van der Waals surface area contributed by atoms with E-state index in [9.17, 15) is 97.0 Å². The Balaban J connectivity index is 1.12. The van der Waals surface area contributed by atoms with Gasteiger partial charge in [0, 0.05) is 7.11 Å². The van der Waals surface area contributed by atoms with Crippen molar-refractivity contribution in [3.63, 3.8) is 0 Å². The number of hydrogen-bond acceptors (Lipinski definition) is 31. The second-order valence-electron chi connectivity index (χ2n) is 16.8. The molecule has 400 valence electrons. The van der Waals surface area contributed by atoms with Gasteiger partial charge in [0.05, 0.1) is 46.2 Å². The Hall–Kier alpha value is -1.24. The summed E-state index contributed by atoms with van der Waals surface area (Å²) in [6.45, 7) is -5.94.